The van der Waals surface area contributed by atoms with Crippen LogP contribution in [-0.4, -0.2) is 31.3 Å². The molecule has 1 aromatic carbocycles. The average Bonchev–Trinajstić information content (AvgIpc) is 2.45. The van der Waals surface area contributed by atoms with Gasteiger partial charge in [0.2, 0.25) is 5.91 Å². The number of benzene rings is 1. The van der Waals surface area contributed by atoms with Crippen LogP contribution >= 0.6 is 24.2 Å². The van der Waals surface area contributed by atoms with Crippen molar-refractivity contribution in [3.63, 3.8) is 0 Å². The van der Waals surface area contributed by atoms with Crippen molar-refractivity contribution in [3.8, 4) is 0 Å². The standard InChI is InChI=1S/C15H20N2OS.ClH/c1-12-4-2-3-5-14(12)19-11-15(18)17-10-13-6-8-16-9-7-13;/h2-6,16H,7-11H2,1H3,(H,17,18);1H. The Morgan fingerprint density at radius 1 is 1.40 bits per heavy atom. The summed E-state index contributed by atoms with van der Waals surface area (Å²) in [6, 6.07) is 8.15. The van der Waals surface area contributed by atoms with Gasteiger partial charge in [-0.05, 0) is 31.5 Å². The summed E-state index contributed by atoms with van der Waals surface area (Å²) in [4.78, 5) is 13.0. The SMILES string of the molecule is Cc1ccccc1SCC(=O)NCC1=CCNCC1.Cl. The second-order valence-corrected chi connectivity index (χ2v) is 5.66. The number of amides is 1. The molecule has 2 N–H and O–H groups in total. The van der Waals surface area contributed by atoms with E-state index in [0.29, 0.717) is 12.3 Å². The van der Waals surface area contributed by atoms with E-state index in [0.717, 1.165) is 19.5 Å². The first-order valence-electron chi connectivity index (χ1n) is 6.59. The summed E-state index contributed by atoms with van der Waals surface area (Å²) in [5.41, 5.74) is 2.55. The maximum atomic E-state index is 11.8. The minimum absolute atomic E-state index is 0. The van der Waals surface area contributed by atoms with Crippen molar-refractivity contribution in [3.05, 3.63) is 41.5 Å². The predicted molar refractivity (Wildman–Crippen MR) is 87.7 cm³/mol. The fourth-order valence-electron chi connectivity index (χ4n) is 1.95. The number of rotatable bonds is 5. The minimum Gasteiger partial charge on any atom is -0.352 e. The Hall–Kier alpha value is -0.970. The van der Waals surface area contributed by atoms with Crippen LogP contribution in [0.4, 0.5) is 0 Å². The number of nitrogens with one attached hydrogen (secondary N) is 2. The Labute approximate surface area is 131 Å². The van der Waals surface area contributed by atoms with Gasteiger partial charge in [-0.3, -0.25) is 4.79 Å². The molecule has 0 aliphatic carbocycles. The molecule has 1 heterocycles. The van der Waals surface area contributed by atoms with Crippen LogP contribution < -0.4 is 10.6 Å². The number of carbonyl (C=O) groups is 1. The van der Waals surface area contributed by atoms with E-state index in [4.69, 9.17) is 0 Å². The lowest BCUT2D eigenvalue weighted by Crippen LogP contribution is -2.30. The molecule has 0 saturated heterocycles. The largest absolute Gasteiger partial charge is 0.352 e. The molecule has 0 spiro atoms. The van der Waals surface area contributed by atoms with E-state index >= 15 is 0 Å². The van der Waals surface area contributed by atoms with E-state index in [1.165, 1.54) is 16.0 Å². The zero-order valence-corrected chi connectivity index (χ0v) is 13.3. The van der Waals surface area contributed by atoms with E-state index in [1.807, 2.05) is 12.1 Å². The molecule has 1 aliphatic heterocycles. The maximum absolute atomic E-state index is 11.8. The molecule has 20 heavy (non-hydrogen) atoms. The number of hydrogen-bond donors (Lipinski definition) is 2. The van der Waals surface area contributed by atoms with Crippen LogP contribution in [0.25, 0.3) is 0 Å². The lowest BCUT2D eigenvalue weighted by molar-refractivity contribution is -0.118. The smallest absolute Gasteiger partial charge is 0.230 e. The van der Waals surface area contributed by atoms with Crippen LogP contribution in [0.2, 0.25) is 0 Å². The van der Waals surface area contributed by atoms with Crippen LogP contribution in [0, 0.1) is 6.92 Å². The molecule has 2 rings (SSSR count). The molecule has 110 valence electrons. The molecule has 0 saturated carbocycles. The molecule has 1 amide bonds. The minimum atomic E-state index is 0. The van der Waals surface area contributed by atoms with Gasteiger partial charge in [0.25, 0.3) is 0 Å². The molecule has 0 aromatic heterocycles. The number of hydrogen-bond acceptors (Lipinski definition) is 3. The second kappa shape index (κ2) is 9.06. The lowest BCUT2D eigenvalue weighted by atomic mass is 10.1. The fourth-order valence-corrected chi connectivity index (χ4v) is 2.81. The highest BCUT2D eigenvalue weighted by Gasteiger charge is 2.07. The van der Waals surface area contributed by atoms with Crippen molar-refractivity contribution in [2.24, 2.45) is 0 Å². The van der Waals surface area contributed by atoms with Crippen LogP contribution in [0.15, 0.2) is 40.8 Å². The second-order valence-electron chi connectivity index (χ2n) is 4.65. The zero-order chi connectivity index (χ0) is 13.5. The van der Waals surface area contributed by atoms with Crippen molar-refractivity contribution in [1.82, 2.24) is 10.6 Å². The van der Waals surface area contributed by atoms with E-state index in [2.05, 4.69) is 35.8 Å². The third-order valence-electron chi connectivity index (χ3n) is 3.12. The van der Waals surface area contributed by atoms with Gasteiger partial charge in [-0.15, -0.1) is 24.2 Å². The summed E-state index contributed by atoms with van der Waals surface area (Å²) >= 11 is 1.60. The van der Waals surface area contributed by atoms with E-state index in [9.17, 15) is 4.79 Å². The lowest BCUT2D eigenvalue weighted by Gasteiger charge is -2.14. The molecule has 0 fully saturated rings. The fraction of sp³-hybridized carbons (Fsp3) is 0.400. The number of thioether (sulfide) groups is 1. The van der Waals surface area contributed by atoms with Gasteiger partial charge in [0.05, 0.1) is 5.75 Å². The maximum Gasteiger partial charge on any atom is 0.230 e. The van der Waals surface area contributed by atoms with E-state index in [1.54, 1.807) is 11.8 Å². The third-order valence-corrected chi connectivity index (χ3v) is 4.30. The average molecular weight is 313 g/mol. The monoisotopic (exact) mass is 312 g/mol. The summed E-state index contributed by atoms with van der Waals surface area (Å²) in [7, 11) is 0. The highest BCUT2D eigenvalue weighted by atomic mass is 35.5. The quantitative estimate of drug-likeness (QED) is 0.648. The molecule has 0 radical (unpaired) electrons. The van der Waals surface area contributed by atoms with Crippen LogP contribution in [-0.2, 0) is 4.79 Å². The summed E-state index contributed by atoms with van der Waals surface area (Å²) < 4.78 is 0. The molecular weight excluding hydrogens is 292 g/mol. The first-order chi connectivity index (χ1) is 9.25. The third kappa shape index (κ3) is 5.57. The van der Waals surface area contributed by atoms with Crippen molar-refractivity contribution < 1.29 is 4.79 Å². The van der Waals surface area contributed by atoms with Crippen molar-refractivity contribution in [2.45, 2.75) is 18.2 Å². The van der Waals surface area contributed by atoms with Gasteiger partial charge in [0.15, 0.2) is 0 Å². The van der Waals surface area contributed by atoms with Gasteiger partial charge in [0.1, 0.15) is 0 Å². The Morgan fingerprint density at radius 3 is 2.90 bits per heavy atom. The predicted octanol–water partition coefficient (Wildman–Crippen LogP) is 2.54. The van der Waals surface area contributed by atoms with Crippen molar-refractivity contribution in [2.75, 3.05) is 25.4 Å². The molecule has 1 aliphatic rings. The highest BCUT2D eigenvalue weighted by Crippen LogP contribution is 2.21. The number of carbonyl (C=O) groups excluding carboxylic acids is 1. The normalized spacial score (nSPS) is 14.2. The Morgan fingerprint density at radius 2 is 2.20 bits per heavy atom. The van der Waals surface area contributed by atoms with E-state index in [-0.39, 0.29) is 18.3 Å². The Bertz CT molecular complexity index is 477. The first-order valence-corrected chi connectivity index (χ1v) is 7.58. The van der Waals surface area contributed by atoms with Crippen LogP contribution in [0.5, 0.6) is 0 Å². The molecule has 0 unspecified atom stereocenters. The number of halogens is 1. The molecule has 1 aromatic rings. The van der Waals surface area contributed by atoms with Crippen LogP contribution in [0.1, 0.15) is 12.0 Å². The summed E-state index contributed by atoms with van der Waals surface area (Å²) in [5.74, 6) is 0.587. The molecule has 5 heteroatoms. The highest BCUT2D eigenvalue weighted by molar-refractivity contribution is 8.00. The van der Waals surface area contributed by atoms with Gasteiger partial charge >= 0.3 is 0 Å². The molecule has 0 atom stereocenters. The summed E-state index contributed by atoms with van der Waals surface area (Å²) in [6.07, 6.45) is 3.20. The summed E-state index contributed by atoms with van der Waals surface area (Å²) in [5, 5.41) is 6.25. The Kier molecular flexibility index (Phi) is 7.73. The first kappa shape index (κ1) is 17.1. The molecule has 3 nitrogen and oxygen atoms in total. The number of aryl methyl sites for hydroxylation is 1. The van der Waals surface area contributed by atoms with Gasteiger partial charge in [-0.25, -0.2) is 0 Å². The van der Waals surface area contributed by atoms with Gasteiger partial charge in [-0.1, -0.05) is 29.8 Å². The van der Waals surface area contributed by atoms with Gasteiger partial charge < -0.3 is 10.6 Å². The summed E-state index contributed by atoms with van der Waals surface area (Å²) in [6.45, 7) is 4.69. The zero-order valence-electron chi connectivity index (χ0n) is 11.6. The van der Waals surface area contributed by atoms with Crippen molar-refractivity contribution >= 4 is 30.1 Å². The van der Waals surface area contributed by atoms with Crippen molar-refractivity contribution in [1.29, 1.82) is 0 Å². The Balaban J connectivity index is 0.00000200. The molecule has 0 bridgehead atoms. The van der Waals surface area contributed by atoms with Gasteiger partial charge in [-0.2, -0.15) is 0 Å². The van der Waals surface area contributed by atoms with Gasteiger partial charge in [0, 0.05) is 18.0 Å². The van der Waals surface area contributed by atoms with Crippen LogP contribution in [0.3, 0.4) is 0 Å². The van der Waals surface area contributed by atoms with E-state index < -0.39 is 0 Å². The topological polar surface area (TPSA) is 41.1 Å². The molecular formula is C15H21ClN2OS.